The summed E-state index contributed by atoms with van der Waals surface area (Å²) in [7, 11) is -3.03. The molecule has 15 heavy (non-hydrogen) atoms. The Balaban J connectivity index is 1.77. The van der Waals surface area contributed by atoms with Crippen molar-refractivity contribution < 1.29 is 17.9 Å². The Morgan fingerprint density at radius 2 is 1.73 bits per heavy atom. The molecule has 0 spiro atoms. The highest BCUT2D eigenvalue weighted by molar-refractivity contribution is 7.89. The predicted molar refractivity (Wildman–Crippen MR) is 52.9 cm³/mol. The summed E-state index contributed by atoms with van der Waals surface area (Å²) in [5, 5.41) is 0. The molecule has 1 N–H and O–H groups in total. The number of fused-ring (bicyclic) bond motifs is 2. The highest BCUT2D eigenvalue weighted by Crippen LogP contribution is 2.35. The SMILES string of the molecule is O=S1(=O)CC2CC3OCCOC3CC2N1. The van der Waals surface area contributed by atoms with E-state index < -0.39 is 10.0 Å². The van der Waals surface area contributed by atoms with E-state index in [1.54, 1.807) is 0 Å². The summed E-state index contributed by atoms with van der Waals surface area (Å²) in [5.74, 6) is 0.461. The van der Waals surface area contributed by atoms with Crippen LogP contribution in [-0.2, 0) is 19.5 Å². The first-order chi connectivity index (χ1) is 7.14. The minimum atomic E-state index is -3.03. The van der Waals surface area contributed by atoms with Gasteiger partial charge in [0.1, 0.15) is 0 Å². The fourth-order valence-electron chi connectivity index (χ4n) is 2.85. The van der Waals surface area contributed by atoms with Gasteiger partial charge in [0.15, 0.2) is 0 Å². The summed E-state index contributed by atoms with van der Waals surface area (Å²) in [5.41, 5.74) is 0. The zero-order valence-corrected chi connectivity index (χ0v) is 9.20. The van der Waals surface area contributed by atoms with Crippen LogP contribution in [0.1, 0.15) is 12.8 Å². The Labute approximate surface area is 89.2 Å². The zero-order valence-electron chi connectivity index (χ0n) is 8.39. The average Bonchev–Trinajstić information content (AvgIpc) is 2.46. The van der Waals surface area contributed by atoms with Crippen molar-refractivity contribution in [3.05, 3.63) is 0 Å². The maximum Gasteiger partial charge on any atom is 0.212 e. The molecule has 2 aliphatic heterocycles. The first kappa shape index (κ1) is 10.0. The Morgan fingerprint density at radius 1 is 1.07 bits per heavy atom. The molecule has 2 heterocycles. The van der Waals surface area contributed by atoms with Gasteiger partial charge in [0.25, 0.3) is 0 Å². The molecule has 0 amide bonds. The van der Waals surface area contributed by atoms with Gasteiger partial charge in [-0.25, -0.2) is 13.1 Å². The van der Waals surface area contributed by atoms with Crippen molar-refractivity contribution in [3.63, 3.8) is 0 Å². The van der Waals surface area contributed by atoms with Gasteiger partial charge >= 0.3 is 0 Å². The fraction of sp³-hybridized carbons (Fsp3) is 1.00. The zero-order chi connectivity index (χ0) is 10.5. The molecule has 0 bridgehead atoms. The first-order valence-electron chi connectivity index (χ1n) is 5.37. The molecule has 2 saturated heterocycles. The average molecular weight is 233 g/mol. The van der Waals surface area contributed by atoms with Gasteiger partial charge in [-0.1, -0.05) is 0 Å². The summed E-state index contributed by atoms with van der Waals surface area (Å²) >= 11 is 0. The quantitative estimate of drug-likeness (QED) is 0.611. The molecule has 3 rings (SSSR count). The third kappa shape index (κ3) is 1.80. The molecular weight excluding hydrogens is 218 g/mol. The molecule has 4 unspecified atom stereocenters. The summed E-state index contributed by atoms with van der Waals surface area (Å²) in [6.07, 6.45) is 1.76. The second-order valence-electron chi connectivity index (χ2n) is 4.56. The molecule has 1 aliphatic carbocycles. The monoisotopic (exact) mass is 233 g/mol. The maximum absolute atomic E-state index is 11.4. The number of hydrogen-bond acceptors (Lipinski definition) is 4. The van der Waals surface area contributed by atoms with Crippen LogP contribution < -0.4 is 4.72 Å². The van der Waals surface area contributed by atoms with E-state index in [4.69, 9.17) is 9.47 Å². The van der Waals surface area contributed by atoms with Crippen molar-refractivity contribution in [2.45, 2.75) is 31.1 Å². The van der Waals surface area contributed by atoms with Crippen LogP contribution >= 0.6 is 0 Å². The van der Waals surface area contributed by atoms with E-state index in [0.29, 0.717) is 13.2 Å². The van der Waals surface area contributed by atoms with Crippen LogP contribution in [0.25, 0.3) is 0 Å². The van der Waals surface area contributed by atoms with Gasteiger partial charge in [0, 0.05) is 6.04 Å². The van der Waals surface area contributed by atoms with E-state index in [1.165, 1.54) is 0 Å². The molecule has 0 aromatic carbocycles. The maximum atomic E-state index is 11.4. The molecule has 86 valence electrons. The van der Waals surface area contributed by atoms with E-state index in [1.807, 2.05) is 0 Å². The van der Waals surface area contributed by atoms with Gasteiger partial charge in [-0.15, -0.1) is 0 Å². The molecule has 0 radical (unpaired) electrons. The lowest BCUT2D eigenvalue weighted by molar-refractivity contribution is -0.162. The molecular formula is C9H15NO4S. The minimum absolute atomic E-state index is 0.0675. The summed E-state index contributed by atoms with van der Waals surface area (Å²) < 4.78 is 36.7. The Kier molecular flexibility index (Phi) is 2.28. The smallest absolute Gasteiger partial charge is 0.212 e. The second kappa shape index (κ2) is 3.41. The van der Waals surface area contributed by atoms with Crippen LogP contribution in [0, 0.1) is 5.92 Å². The molecule has 6 heteroatoms. The molecule has 0 aromatic rings. The van der Waals surface area contributed by atoms with Gasteiger partial charge in [-0.05, 0) is 18.8 Å². The van der Waals surface area contributed by atoms with Crippen LogP contribution in [0.3, 0.4) is 0 Å². The number of rotatable bonds is 0. The summed E-state index contributed by atoms with van der Waals surface area (Å²) in [6, 6.07) is 0.0675. The van der Waals surface area contributed by atoms with Crippen molar-refractivity contribution in [2.75, 3.05) is 19.0 Å². The van der Waals surface area contributed by atoms with E-state index in [2.05, 4.69) is 4.72 Å². The van der Waals surface area contributed by atoms with Crippen LogP contribution in [-0.4, -0.2) is 45.6 Å². The Morgan fingerprint density at radius 3 is 2.47 bits per heavy atom. The molecule has 5 nitrogen and oxygen atoms in total. The van der Waals surface area contributed by atoms with E-state index in [0.717, 1.165) is 12.8 Å². The number of ether oxygens (including phenoxy) is 2. The second-order valence-corrected chi connectivity index (χ2v) is 6.35. The fourth-order valence-corrected chi connectivity index (χ4v) is 4.63. The van der Waals surface area contributed by atoms with E-state index in [9.17, 15) is 8.42 Å². The minimum Gasteiger partial charge on any atom is -0.373 e. The van der Waals surface area contributed by atoms with Crippen LogP contribution in [0.15, 0.2) is 0 Å². The number of hydrogen-bond donors (Lipinski definition) is 1. The highest BCUT2D eigenvalue weighted by atomic mass is 32.2. The van der Waals surface area contributed by atoms with Gasteiger partial charge in [0.05, 0.1) is 31.2 Å². The van der Waals surface area contributed by atoms with E-state index >= 15 is 0 Å². The lowest BCUT2D eigenvalue weighted by atomic mass is 9.82. The van der Waals surface area contributed by atoms with Crippen molar-refractivity contribution >= 4 is 10.0 Å². The normalized spacial score (nSPS) is 48.3. The third-order valence-electron chi connectivity index (χ3n) is 3.52. The summed E-state index contributed by atoms with van der Waals surface area (Å²) in [6.45, 7) is 1.27. The standard InChI is InChI=1S/C9H15NO4S/c11-15(12)5-6-3-8-9(4-7(6)10-15)14-2-1-13-8/h6-10H,1-5H2. The van der Waals surface area contributed by atoms with Gasteiger partial charge in [-0.2, -0.15) is 0 Å². The Hall–Kier alpha value is -0.170. The van der Waals surface area contributed by atoms with Crippen LogP contribution in [0.4, 0.5) is 0 Å². The Bertz CT molecular complexity index is 327. The van der Waals surface area contributed by atoms with Crippen molar-refractivity contribution in [2.24, 2.45) is 5.92 Å². The van der Waals surface area contributed by atoms with Crippen LogP contribution in [0.2, 0.25) is 0 Å². The topological polar surface area (TPSA) is 64.6 Å². The largest absolute Gasteiger partial charge is 0.373 e. The van der Waals surface area contributed by atoms with Crippen molar-refractivity contribution in [1.29, 1.82) is 0 Å². The first-order valence-corrected chi connectivity index (χ1v) is 7.02. The molecule has 0 aromatic heterocycles. The molecule has 4 atom stereocenters. The summed E-state index contributed by atoms with van der Waals surface area (Å²) in [4.78, 5) is 0. The molecule has 3 fully saturated rings. The number of sulfonamides is 1. The van der Waals surface area contributed by atoms with Gasteiger partial charge < -0.3 is 9.47 Å². The number of nitrogens with one attached hydrogen (secondary N) is 1. The van der Waals surface area contributed by atoms with Crippen LogP contribution in [0.5, 0.6) is 0 Å². The van der Waals surface area contributed by atoms with E-state index in [-0.39, 0.29) is 29.9 Å². The lowest BCUT2D eigenvalue weighted by Crippen LogP contribution is -2.49. The van der Waals surface area contributed by atoms with Gasteiger partial charge in [0.2, 0.25) is 10.0 Å². The van der Waals surface area contributed by atoms with Crippen molar-refractivity contribution in [3.8, 4) is 0 Å². The lowest BCUT2D eigenvalue weighted by Gasteiger charge is -2.40. The highest BCUT2D eigenvalue weighted by Gasteiger charge is 2.46. The predicted octanol–water partition coefficient (Wildman–Crippen LogP) is -0.518. The molecule has 3 aliphatic rings. The van der Waals surface area contributed by atoms with Crippen molar-refractivity contribution in [1.82, 2.24) is 4.72 Å². The third-order valence-corrected chi connectivity index (χ3v) is 5.05. The molecule has 1 saturated carbocycles. The van der Waals surface area contributed by atoms with Gasteiger partial charge in [-0.3, -0.25) is 0 Å².